The number of amidine groups is 1. The number of anilines is 1. The molecule has 1 unspecified atom stereocenters. The molecular formula is C17H19ClN4O4S. The molecule has 1 aliphatic carbocycles. The molecule has 0 aromatic heterocycles. The Labute approximate surface area is 165 Å². The second-order valence-corrected chi connectivity index (χ2v) is 8.09. The Bertz CT molecular complexity index is 795. The van der Waals surface area contributed by atoms with Gasteiger partial charge in [0.1, 0.15) is 5.25 Å². The van der Waals surface area contributed by atoms with Gasteiger partial charge in [0.15, 0.2) is 5.17 Å². The van der Waals surface area contributed by atoms with Gasteiger partial charge < -0.3 is 10.6 Å². The van der Waals surface area contributed by atoms with E-state index in [-0.39, 0.29) is 34.8 Å². The summed E-state index contributed by atoms with van der Waals surface area (Å²) in [5, 5.41) is 16.3. The summed E-state index contributed by atoms with van der Waals surface area (Å²) in [4.78, 5) is 39.3. The fraction of sp³-hybridized carbons (Fsp3) is 0.471. The second kappa shape index (κ2) is 8.71. The van der Waals surface area contributed by atoms with Gasteiger partial charge in [-0.15, -0.1) is 0 Å². The number of nitro benzene ring substituents is 1. The molecule has 1 aliphatic heterocycles. The van der Waals surface area contributed by atoms with Crippen LogP contribution in [0.4, 0.5) is 11.4 Å². The quantitative estimate of drug-likeness (QED) is 0.569. The van der Waals surface area contributed by atoms with Crippen LogP contribution in [0.1, 0.15) is 38.5 Å². The number of aliphatic imine (C=N–C) groups is 1. The molecule has 1 heterocycles. The Morgan fingerprint density at radius 2 is 2.11 bits per heavy atom. The van der Waals surface area contributed by atoms with Crippen LogP contribution in [-0.4, -0.2) is 33.2 Å². The van der Waals surface area contributed by atoms with Gasteiger partial charge in [0.25, 0.3) is 5.69 Å². The normalized spacial score (nSPS) is 21.9. The minimum atomic E-state index is -0.579. The van der Waals surface area contributed by atoms with Gasteiger partial charge in [0.05, 0.1) is 21.7 Å². The molecule has 0 bridgehead atoms. The highest BCUT2D eigenvalue weighted by Gasteiger charge is 2.33. The summed E-state index contributed by atoms with van der Waals surface area (Å²) in [5.41, 5.74) is -0.0278. The van der Waals surface area contributed by atoms with Crippen LogP contribution in [0.3, 0.4) is 0 Å². The van der Waals surface area contributed by atoms with Crippen molar-refractivity contribution in [2.45, 2.75) is 49.8 Å². The summed E-state index contributed by atoms with van der Waals surface area (Å²) in [7, 11) is 0. The number of non-ortho nitro benzene ring substituents is 1. The van der Waals surface area contributed by atoms with Gasteiger partial charge in [-0.05, 0) is 18.9 Å². The van der Waals surface area contributed by atoms with Crippen molar-refractivity contribution in [3.8, 4) is 0 Å². The van der Waals surface area contributed by atoms with Crippen LogP contribution in [0.25, 0.3) is 0 Å². The third kappa shape index (κ3) is 5.20. The maximum atomic E-state index is 12.3. The van der Waals surface area contributed by atoms with Gasteiger partial charge in [-0.1, -0.05) is 42.6 Å². The summed E-state index contributed by atoms with van der Waals surface area (Å²) in [6.45, 7) is 0. The zero-order chi connectivity index (χ0) is 19.4. The first-order chi connectivity index (χ1) is 12.9. The molecule has 2 N–H and O–H groups in total. The first-order valence-electron chi connectivity index (χ1n) is 8.71. The van der Waals surface area contributed by atoms with E-state index in [9.17, 15) is 19.7 Å². The van der Waals surface area contributed by atoms with Crippen molar-refractivity contribution >= 4 is 51.7 Å². The lowest BCUT2D eigenvalue weighted by molar-refractivity contribution is -0.384. The Kier molecular flexibility index (Phi) is 6.33. The predicted octanol–water partition coefficient (Wildman–Crippen LogP) is 3.50. The number of carbonyl (C=O) groups is 2. The van der Waals surface area contributed by atoms with E-state index in [1.54, 1.807) is 0 Å². The van der Waals surface area contributed by atoms with Gasteiger partial charge in [0, 0.05) is 18.6 Å². The molecule has 144 valence electrons. The first kappa shape index (κ1) is 19.6. The molecule has 1 saturated carbocycles. The molecule has 1 aromatic carbocycles. The summed E-state index contributed by atoms with van der Waals surface area (Å²) < 4.78 is 0. The number of thioether (sulfide) groups is 1. The molecule has 3 rings (SSSR count). The number of halogens is 1. The zero-order valence-corrected chi connectivity index (χ0v) is 16.0. The number of nitro groups is 1. The molecule has 1 aromatic rings. The molecule has 0 spiro atoms. The molecule has 8 nitrogen and oxygen atoms in total. The number of nitrogens with zero attached hydrogens (tertiary/aromatic N) is 2. The van der Waals surface area contributed by atoms with E-state index < -0.39 is 16.1 Å². The number of benzene rings is 1. The van der Waals surface area contributed by atoms with E-state index in [0.29, 0.717) is 5.17 Å². The van der Waals surface area contributed by atoms with Crippen LogP contribution in [0.2, 0.25) is 5.02 Å². The molecule has 27 heavy (non-hydrogen) atoms. The van der Waals surface area contributed by atoms with E-state index >= 15 is 0 Å². The molecule has 1 atom stereocenters. The lowest BCUT2D eigenvalue weighted by Gasteiger charge is -2.17. The molecule has 2 fully saturated rings. The fourth-order valence-corrected chi connectivity index (χ4v) is 4.27. The maximum absolute atomic E-state index is 12.3. The van der Waals surface area contributed by atoms with Gasteiger partial charge in [-0.3, -0.25) is 24.7 Å². The van der Waals surface area contributed by atoms with Crippen LogP contribution in [-0.2, 0) is 9.59 Å². The molecule has 0 radical (unpaired) electrons. The Morgan fingerprint density at radius 3 is 2.81 bits per heavy atom. The highest BCUT2D eigenvalue weighted by Crippen LogP contribution is 2.29. The lowest BCUT2D eigenvalue weighted by atomic mass is 9.96. The highest BCUT2D eigenvalue weighted by atomic mass is 35.5. The van der Waals surface area contributed by atoms with Crippen molar-refractivity contribution in [1.82, 2.24) is 5.32 Å². The first-order valence-corrected chi connectivity index (χ1v) is 9.97. The highest BCUT2D eigenvalue weighted by molar-refractivity contribution is 8.15. The van der Waals surface area contributed by atoms with E-state index in [2.05, 4.69) is 15.6 Å². The minimum absolute atomic E-state index is 0.0702. The third-order valence-electron chi connectivity index (χ3n) is 4.46. The number of amides is 2. The van der Waals surface area contributed by atoms with Gasteiger partial charge in [-0.25, -0.2) is 0 Å². The minimum Gasteiger partial charge on any atom is -0.325 e. The number of carbonyl (C=O) groups excluding carboxylic acids is 2. The Hall–Kier alpha value is -2.13. The molecule has 1 saturated heterocycles. The van der Waals surface area contributed by atoms with Crippen LogP contribution < -0.4 is 10.6 Å². The lowest BCUT2D eigenvalue weighted by Crippen LogP contribution is -2.28. The van der Waals surface area contributed by atoms with Crippen LogP contribution in [0, 0.1) is 10.1 Å². The number of rotatable bonds is 5. The molecule has 2 amide bonds. The van der Waals surface area contributed by atoms with Gasteiger partial charge in [0.2, 0.25) is 11.8 Å². The summed E-state index contributed by atoms with van der Waals surface area (Å²) in [6.07, 6.45) is 5.50. The van der Waals surface area contributed by atoms with Gasteiger partial charge >= 0.3 is 0 Å². The fourth-order valence-electron chi connectivity index (χ4n) is 3.07. The monoisotopic (exact) mass is 410 g/mol. The van der Waals surface area contributed by atoms with Crippen molar-refractivity contribution < 1.29 is 14.5 Å². The molecular weight excluding hydrogens is 392 g/mol. The Morgan fingerprint density at radius 1 is 1.37 bits per heavy atom. The summed E-state index contributed by atoms with van der Waals surface area (Å²) in [5.74, 6) is -0.696. The predicted molar refractivity (Wildman–Crippen MR) is 105 cm³/mol. The van der Waals surface area contributed by atoms with E-state index in [1.165, 1.54) is 36.4 Å². The number of hydrogen-bond acceptors (Lipinski definition) is 6. The van der Waals surface area contributed by atoms with E-state index in [1.807, 2.05) is 0 Å². The second-order valence-electron chi connectivity index (χ2n) is 6.50. The van der Waals surface area contributed by atoms with Crippen molar-refractivity contribution in [1.29, 1.82) is 0 Å². The van der Waals surface area contributed by atoms with Gasteiger partial charge in [-0.2, -0.15) is 0 Å². The zero-order valence-electron chi connectivity index (χ0n) is 14.4. The summed E-state index contributed by atoms with van der Waals surface area (Å²) >= 11 is 7.23. The van der Waals surface area contributed by atoms with Crippen molar-refractivity contribution in [2.75, 3.05) is 5.32 Å². The van der Waals surface area contributed by atoms with Crippen LogP contribution >= 0.6 is 23.4 Å². The maximum Gasteiger partial charge on any atom is 0.271 e. The Balaban J connectivity index is 1.59. The smallest absolute Gasteiger partial charge is 0.271 e. The van der Waals surface area contributed by atoms with E-state index in [4.69, 9.17) is 11.6 Å². The van der Waals surface area contributed by atoms with Crippen LogP contribution in [0.15, 0.2) is 23.2 Å². The largest absolute Gasteiger partial charge is 0.325 e. The van der Waals surface area contributed by atoms with Crippen molar-refractivity contribution in [2.24, 2.45) is 4.99 Å². The average Bonchev–Trinajstić information content (AvgIpc) is 2.96. The van der Waals surface area contributed by atoms with Crippen molar-refractivity contribution in [3.05, 3.63) is 33.3 Å². The molecule has 2 aliphatic rings. The standard InChI is InChI=1S/C17H19ClN4O4S/c18-12-7-6-11(22(25)26)8-13(12)20-15(23)9-14-16(24)21-17(27-14)19-10-4-2-1-3-5-10/h6-8,10,14H,1-5,9H2,(H,20,23)(H,19,21,24). The topological polar surface area (TPSA) is 114 Å². The average molecular weight is 411 g/mol. The molecule has 10 heteroatoms. The van der Waals surface area contributed by atoms with E-state index in [0.717, 1.165) is 25.7 Å². The van der Waals surface area contributed by atoms with Crippen LogP contribution in [0.5, 0.6) is 0 Å². The SMILES string of the molecule is O=C(CC1SC(=NC2CCCCC2)NC1=O)Nc1cc([N+](=O)[O-])ccc1Cl. The number of nitrogens with one attached hydrogen (secondary N) is 2. The summed E-state index contributed by atoms with van der Waals surface area (Å²) in [6, 6.07) is 4.03. The number of hydrogen-bond donors (Lipinski definition) is 2. The van der Waals surface area contributed by atoms with Crippen molar-refractivity contribution in [3.63, 3.8) is 0 Å². The third-order valence-corrected chi connectivity index (χ3v) is 5.88.